The van der Waals surface area contributed by atoms with E-state index in [0.29, 0.717) is 22.3 Å². The van der Waals surface area contributed by atoms with Crippen molar-refractivity contribution in [1.82, 2.24) is 15.0 Å². The first-order valence-corrected chi connectivity index (χ1v) is 9.93. The molecule has 10 nitrogen and oxygen atoms in total. The van der Waals surface area contributed by atoms with Crippen molar-refractivity contribution in [3.05, 3.63) is 58.4 Å². The molecule has 4 rings (SSSR count). The van der Waals surface area contributed by atoms with Crippen molar-refractivity contribution in [2.75, 3.05) is 24.9 Å². The number of nitro groups is 1. The van der Waals surface area contributed by atoms with Gasteiger partial charge in [0.05, 0.1) is 35.0 Å². The van der Waals surface area contributed by atoms with E-state index in [0.717, 1.165) is 15.8 Å². The van der Waals surface area contributed by atoms with Crippen molar-refractivity contribution in [1.29, 1.82) is 0 Å². The van der Waals surface area contributed by atoms with Gasteiger partial charge in [0, 0.05) is 0 Å². The summed E-state index contributed by atoms with van der Waals surface area (Å²) in [4.78, 5) is 24.0. The molecule has 158 valence electrons. The van der Waals surface area contributed by atoms with Crippen molar-refractivity contribution in [2.24, 2.45) is 0 Å². The summed E-state index contributed by atoms with van der Waals surface area (Å²) in [5.74, 6) is 1.30. The number of hydrogen-bond acceptors (Lipinski definition) is 10. The zero-order chi connectivity index (χ0) is 22.0. The molecule has 0 aliphatic heterocycles. The Labute approximate surface area is 181 Å². The predicted molar refractivity (Wildman–Crippen MR) is 119 cm³/mol. The number of rotatable bonds is 7. The van der Waals surface area contributed by atoms with E-state index in [9.17, 15) is 10.1 Å². The summed E-state index contributed by atoms with van der Waals surface area (Å²) in [5.41, 5.74) is 1.96. The van der Waals surface area contributed by atoms with Gasteiger partial charge in [0.1, 0.15) is 17.8 Å². The second kappa shape index (κ2) is 8.40. The lowest BCUT2D eigenvalue weighted by Gasteiger charge is -2.12. The van der Waals surface area contributed by atoms with Gasteiger partial charge in [0.2, 0.25) is 11.6 Å². The number of aryl methyl sites for hydroxylation is 1. The molecule has 0 unspecified atom stereocenters. The van der Waals surface area contributed by atoms with Gasteiger partial charge in [-0.15, -0.1) is 0 Å². The zero-order valence-electron chi connectivity index (χ0n) is 16.9. The van der Waals surface area contributed by atoms with Crippen molar-refractivity contribution < 1.29 is 14.4 Å². The molecule has 0 atom stereocenters. The third kappa shape index (κ3) is 4.16. The molecule has 0 bridgehead atoms. The number of thiazole rings is 1. The minimum Gasteiger partial charge on any atom is -0.497 e. The van der Waals surface area contributed by atoms with Crippen LogP contribution < -0.4 is 20.1 Å². The second-order valence-corrected chi connectivity index (χ2v) is 7.51. The smallest absolute Gasteiger partial charge is 0.353 e. The molecule has 0 saturated heterocycles. The highest BCUT2D eigenvalue weighted by Crippen LogP contribution is 2.37. The van der Waals surface area contributed by atoms with E-state index in [4.69, 9.17) is 9.47 Å². The van der Waals surface area contributed by atoms with Crippen LogP contribution in [0.4, 0.5) is 28.1 Å². The van der Waals surface area contributed by atoms with Crippen LogP contribution >= 0.6 is 11.3 Å². The van der Waals surface area contributed by atoms with Gasteiger partial charge in [0.15, 0.2) is 5.13 Å². The topological polar surface area (TPSA) is 124 Å². The number of anilines is 4. The van der Waals surface area contributed by atoms with Gasteiger partial charge in [-0.05, 0) is 42.8 Å². The molecule has 0 aliphatic rings. The van der Waals surface area contributed by atoms with E-state index in [-0.39, 0.29) is 17.3 Å². The predicted octanol–water partition coefficient (Wildman–Crippen LogP) is 4.81. The van der Waals surface area contributed by atoms with Crippen LogP contribution in [0.2, 0.25) is 0 Å². The third-order valence-electron chi connectivity index (χ3n) is 4.43. The standard InChI is InChI=1S/C20H18N6O4S/c1-11-4-7-15(30-3)14(8-11)23-18-17(26(27)28)19(22-10-21-18)25-20-24-13-6-5-12(29-2)9-16(13)31-20/h4-10H,1-3H3,(H2,21,22,23,24,25). The third-order valence-corrected chi connectivity index (χ3v) is 5.37. The molecule has 0 amide bonds. The first-order valence-electron chi connectivity index (χ1n) is 9.11. The largest absolute Gasteiger partial charge is 0.497 e. The molecule has 0 saturated carbocycles. The van der Waals surface area contributed by atoms with E-state index in [1.165, 1.54) is 24.8 Å². The van der Waals surface area contributed by atoms with Gasteiger partial charge in [-0.25, -0.2) is 15.0 Å². The summed E-state index contributed by atoms with van der Waals surface area (Å²) in [7, 11) is 3.11. The normalized spacial score (nSPS) is 10.7. The van der Waals surface area contributed by atoms with E-state index < -0.39 is 4.92 Å². The Balaban J connectivity index is 1.71. The van der Waals surface area contributed by atoms with Gasteiger partial charge in [-0.2, -0.15) is 0 Å². The first-order chi connectivity index (χ1) is 15.0. The number of ether oxygens (including phenoxy) is 2. The second-order valence-electron chi connectivity index (χ2n) is 6.48. The van der Waals surface area contributed by atoms with Crippen LogP contribution in [0.25, 0.3) is 10.2 Å². The number of hydrogen-bond donors (Lipinski definition) is 2. The van der Waals surface area contributed by atoms with Crippen LogP contribution in [0, 0.1) is 17.0 Å². The highest BCUT2D eigenvalue weighted by molar-refractivity contribution is 7.22. The molecule has 0 fully saturated rings. The van der Waals surface area contributed by atoms with E-state index in [1.807, 2.05) is 31.2 Å². The fraction of sp³-hybridized carbons (Fsp3) is 0.150. The zero-order valence-corrected chi connectivity index (χ0v) is 17.7. The van der Waals surface area contributed by atoms with E-state index >= 15 is 0 Å². The molecular formula is C20H18N6O4S. The van der Waals surface area contributed by atoms with Crippen molar-refractivity contribution in [3.63, 3.8) is 0 Å². The Morgan fingerprint density at radius 3 is 2.52 bits per heavy atom. The lowest BCUT2D eigenvalue weighted by molar-refractivity contribution is -0.383. The number of benzene rings is 2. The molecule has 2 heterocycles. The van der Waals surface area contributed by atoms with Crippen LogP contribution in [0.1, 0.15) is 5.56 Å². The van der Waals surface area contributed by atoms with Crippen molar-refractivity contribution >= 4 is 49.7 Å². The fourth-order valence-corrected chi connectivity index (χ4v) is 3.86. The van der Waals surface area contributed by atoms with E-state index in [1.54, 1.807) is 19.2 Å². The minimum atomic E-state index is -0.538. The Morgan fingerprint density at radius 1 is 1.03 bits per heavy atom. The molecule has 2 aromatic carbocycles. The first kappa shape index (κ1) is 20.3. The number of methoxy groups -OCH3 is 2. The summed E-state index contributed by atoms with van der Waals surface area (Å²) >= 11 is 1.33. The average molecular weight is 438 g/mol. The van der Waals surface area contributed by atoms with Gasteiger partial charge in [-0.1, -0.05) is 17.4 Å². The van der Waals surface area contributed by atoms with Gasteiger partial charge in [-0.3, -0.25) is 10.1 Å². The average Bonchev–Trinajstić information content (AvgIpc) is 3.15. The van der Waals surface area contributed by atoms with Crippen molar-refractivity contribution in [2.45, 2.75) is 6.92 Å². The van der Waals surface area contributed by atoms with Crippen LogP contribution in [-0.2, 0) is 0 Å². The lowest BCUT2D eigenvalue weighted by atomic mass is 10.2. The van der Waals surface area contributed by atoms with Crippen LogP contribution in [0.15, 0.2) is 42.7 Å². The number of fused-ring (bicyclic) bond motifs is 1. The number of nitrogens with one attached hydrogen (secondary N) is 2. The minimum absolute atomic E-state index is 0.0279. The monoisotopic (exact) mass is 438 g/mol. The molecule has 4 aromatic rings. The van der Waals surface area contributed by atoms with E-state index in [2.05, 4.69) is 25.6 Å². The van der Waals surface area contributed by atoms with Crippen LogP contribution in [-0.4, -0.2) is 34.1 Å². The fourth-order valence-electron chi connectivity index (χ4n) is 2.97. The molecule has 0 spiro atoms. The molecular weight excluding hydrogens is 420 g/mol. The summed E-state index contributed by atoms with van der Waals surface area (Å²) < 4.78 is 11.4. The summed E-state index contributed by atoms with van der Waals surface area (Å²) in [6, 6.07) is 11.0. The molecule has 2 N–H and O–H groups in total. The molecule has 0 radical (unpaired) electrons. The number of nitrogens with zero attached hydrogens (tertiary/aromatic N) is 4. The number of aromatic nitrogens is 3. The lowest BCUT2D eigenvalue weighted by Crippen LogP contribution is -2.06. The molecule has 0 aliphatic carbocycles. The van der Waals surface area contributed by atoms with Crippen molar-refractivity contribution in [3.8, 4) is 11.5 Å². The Bertz CT molecular complexity index is 1280. The van der Waals surface area contributed by atoms with Crippen LogP contribution in [0.5, 0.6) is 11.5 Å². The summed E-state index contributed by atoms with van der Waals surface area (Å²) in [6.45, 7) is 1.91. The van der Waals surface area contributed by atoms with Gasteiger partial charge < -0.3 is 20.1 Å². The Hall–Kier alpha value is -3.99. The van der Waals surface area contributed by atoms with Gasteiger partial charge >= 0.3 is 5.69 Å². The Morgan fingerprint density at radius 2 is 1.81 bits per heavy atom. The highest BCUT2D eigenvalue weighted by Gasteiger charge is 2.25. The SMILES string of the molecule is COc1ccc2nc(Nc3ncnc(Nc4cc(C)ccc4OC)c3[N+](=O)[O-])sc2c1. The van der Waals surface area contributed by atoms with Crippen LogP contribution in [0.3, 0.4) is 0 Å². The summed E-state index contributed by atoms with van der Waals surface area (Å²) in [6.07, 6.45) is 1.25. The quantitative estimate of drug-likeness (QED) is 0.309. The molecule has 11 heteroatoms. The highest BCUT2D eigenvalue weighted by atomic mass is 32.1. The summed E-state index contributed by atoms with van der Waals surface area (Å²) in [5, 5.41) is 18.3. The maximum absolute atomic E-state index is 11.9. The maximum Gasteiger partial charge on any atom is 0.353 e. The van der Waals surface area contributed by atoms with Gasteiger partial charge in [0.25, 0.3) is 0 Å². The Kier molecular flexibility index (Phi) is 5.50. The molecule has 2 aromatic heterocycles. The maximum atomic E-state index is 11.9. The molecule has 31 heavy (non-hydrogen) atoms.